The zero-order chi connectivity index (χ0) is 16.2. The average Bonchev–Trinajstić information content (AvgIpc) is 2.61. The number of fused-ring (bicyclic) bond motifs is 1. The highest BCUT2D eigenvalue weighted by Crippen LogP contribution is 2.21. The molecule has 0 bridgehead atoms. The Kier molecular flexibility index (Phi) is 4.71. The molecule has 0 spiro atoms. The van der Waals surface area contributed by atoms with Gasteiger partial charge in [-0.3, -0.25) is 9.69 Å². The number of aromatic nitrogens is 2. The number of nitrogens with zero attached hydrogens (tertiary/aromatic N) is 3. The molecule has 6 heteroatoms. The molecule has 1 fully saturated rings. The van der Waals surface area contributed by atoms with E-state index in [1.807, 2.05) is 24.4 Å². The third-order valence-electron chi connectivity index (χ3n) is 4.32. The second kappa shape index (κ2) is 6.91. The number of carbonyl (C=O) groups excluding carboxylic acids is 1. The van der Waals surface area contributed by atoms with Crippen LogP contribution in [0.2, 0.25) is 0 Å². The van der Waals surface area contributed by atoms with Gasteiger partial charge >= 0.3 is 5.97 Å². The SMILES string of the molecule is COC(=O)C1CCN(Cc2ncc3cc(OC)ccc3n2)CC1. The van der Waals surface area contributed by atoms with Crippen molar-refractivity contribution in [2.75, 3.05) is 27.3 Å². The van der Waals surface area contributed by atoms with Crippen LogP contribution >= 0.6 is 0 Å². The van der Waals surface area contributed by atoms with Crippen molar-refractivity contribution in [2.24, 2.45) is 5.92 Å². The van der Waals surface area contributed by atoms with Crippen LogP contribution in [-0.4, -0.2) is 48.1 Å². The maximum atomic E-state index is 11.6. The van der Waals surface area contributed by atoms with E-state index >= 15 is 0 Å². The molecule has 1 saturated heterocycles. The van der Waals surface area contributed by atoms with Crippen molar-refractivity contribution in [3.05, 3.63) is 30.2 Å². The van der Waals surface area contributed by atoms with E-state index in [-0.39, 0.29) is 11.9 Å². The van der Waals surface area contributed by atoms with E-state index in [2.05, 4.69) is 14.9 Å². The van der Waals surface area contributed by atoms with Crippen LogP contribution in [0, 0.1) is 5.92 Å². The average molecular weight is 315 g/mol. The van der Waals surface area contributed by atoms with Crippen LogP contribution in [0.4, 0.5) is 0 Å². The summed E-state index contributed by atoms with van der Waals surface area (Å²) < 4.78 is 10.0. The van der Waals surface area contributed by atoms with Crippen LogP contribution in [-0.2, 0) is 16.1 Å². The van der Waals surface area contributed by atoms with Gasteiger partial charge in [-0.1, -0.05) is 0 Å². The molecule has 2 aromatic rings. The number of benzene rings is 1. The summed E-state index contributed by atoms with van der Waals surface area (Å²) in [6, 6.07) is 5.78. The second-order valence-corrected chi connectivity index (χ2v) is 5.78. The molecule has 6 nitrogen and oxygen atoms in total. The lowest BCUT2D eigenvalue weighted by atomic mass is 9.97. The van der Waals surface area contributed by atoms with Gasteiger partial charge in [-0.15, -0.1) is 0 Å². The van der Waals surface area contributed by atoms with E-state index in [0.717, 1.165) is 48.4 Å². The molecule has 3 rings (SSSR count). The summed E-state index contributed by atoms with van der Waals surface area (Å²) in [4.78, 5) is 22.9. The molecule has 2 heterocycles. The first-order valence-electron chi connectivity index (χ1n) is 7.79. The van der Waals surface area contributed by atoms with Gasteiger partial charge in [0.2, 0.25) is 0 Å². The van der Waals surface area contributed by atoms with Crippen molar-refractivity contribution in [1.82, 2.24) is 14.9 Å². The summed E-state index contributed by atoms with van der Waals surface area (Å²) in [7, 11) is 3.10. The minimum absolute atomic E-state index is 0.0289. The number of carbonyl (C=O) groups is 1. The van der Waals surface area contributed by atoms with Gasteiger partial charge in [-0.05, 0) is 44.1 Å². The Bertz CT molecular complexity index is 697. The van der Waals surface area contributed by atoms with E-state index in [1.54, 1.807) is 7.11 Å². The molecule has 1 aliphatic heterocycles. The van der Waals surface area contributed by atoms with Crippen molar-refractivity contribution in [3.63, 3.8) is 0 Å². The smallest absolute Gasteiger partial charge is 0.308 e. The highest BCUT2D eigenvalue weighted by Gasteiger charge is 2.25. The highest BCUT2D eigenvalue weighted by molar-refractivity contribution is 5.79. The molecule has 0 saturated carbocycles. The molecule has 122 valence electrons. The summed E-state index contributed by atoms with van der Waals surface area (Å²) in [6.07, 6.45) is 3.50. The maximum Gasteiger partial charge on any atom is 0.308 e. The number of piperidine rings is 1. The van der Waals surface area contributed by atoms with Gasteiger partial charge in [0.05, 0.1) is 32.2 Å². The normalized spacial score (nSPS) is 16.4. The lowest BCUT2D eigenvalue weighted by Gasteiger charge is -2.29. The van der Waals surface area contributed by atoms with Crippen molar-refractivity contribution in [1.29, 1.82) is 0 Å². The summed E-state index contributed by atoms with van der Waals surface area (Å²) in [6.45, 7) is 2.43. The fourth-order valence-corrected chi connectivity index (χ4v) is 2.95. The number of rotatable bonds is 4. The molecule has 1 aromatic carbocycles. The van der Waals surface area contributed by atoms with Crippen LogP contribution in [0.15, 0.2) is 24.4 Å². The predicted octanol–water partition coefficient (Wildman–Crippen LogP) is 2.02. The lowest BCUT2D eigenvalue weighted by Crippen LogP contribution is -2.36. The Morgan fingerprint density at radius 1 is 1.30 bits per heavy atom. The van der Waals surface area contributed by atoms with E-state index in [0.29, 0.717) is 6.54 Å². The zero-order valence-electron chi connectivity index (χ0n) is 13.5. The fraction of sp³-hybridized carbons (Fsp3) is 0.471. The summed E-state index contributed by atoms with van der Waals surface area (Å²) in [5.74, 6) is 1.54. The van der Waals surface area contributed by atoms with Crippen LogP contribution < -0.4 is 4.74 Å². The largest absolute Gasteiger partial charge is 0.497 e. The first-order valence-corrected chi connectivity index (χ1v) is 7.79. The van der Waals surface area contributed by atoms with Gasteiger partial charge in [-0.25, -0.2) is 9.97 Å². The van der Waals surface area contributed by atoms with Gasteiger partial charge in [0.25, 0.3) is 0 Å². The molecule has 0 aliphatic carbocycles. The van der Waals surface area contributed by atoms with Gasteiger partial charge in [-0.2, -0.15) is 0 Å². The van der Waals surface area contributed by atoms with Gasteiger partial charge < -0.3 is 9.47 Å². The molecular formula is C17H21N3O3. The maximum absolute atomic E-state index is 11.6. The molecule has 0 unspecified atom stereocenters. The number of ether oxygens (including phenoxy) is 2. The fourth-order valence-electron chi connectivity index (χ4n) is 2.95. The molecule has 1 aliphatic rings. The van der Waals surface area contributed by atoms with Crippen molar-refractivity contribution < 1.29 is 14.3 Å². The quantitative estimate of drug-likeness (QED) is 0.804. The first kappa shape index (κ1) is 15.7. The minimum atomic E-state index is -0.0967. The summed E-state index contributed by atoms with van der Waals surface area (Å²) in [5, 5.41) is 0.970. The van der Waals surface area contributed by atoms with Crippen molar-refractivity contribution in [2.45, 2.75) is 19.4 Å². The van der Waals surface area contributed by atoms with Gasteiger partial charge in [0.15, 0.2) is 0 Å². The second-order valence-electron chi connectivity index (χ2n) is 5.78. The number of esters is 1. The molecule has 23 heavy (non-hydrogen) atoms. The van der Waals surface area contributed by atoms with Crippen LogP contribution in [0.3, 0.4) is 0 Å². The lowest BCUT2D eigenvalue weighted by molar-refractivity contribution is -0.147. The minimum Gasteiger partial charge on any atom is -0.497 e. The first-order chi connectivity index (χ1) is 11.2. The van der Waals surface area contributed by atoms with Gasteiger partial charge in [0, 0.05) is 11.6 Å². The molecule has 0 N–H and O–H groups in total. The highest BCUT2D eigenvalue weighted by atomic mass is 16.5. The van der Waals surface area contributed by atoms with E-state index in [1.165, 1.54) is 7.11 Å². The van der Waals surface area contributed by atoms with E-state index in [4.69, 9.17) is 9.47 Å². The standard InChI is InChI=1S/C17H21N3O3/c1-22-14-3-4-15-13(9-14)10-18-16(19-15)11-20-7-5-12(6-8-20)17(21)23-2/h3-4,9-10,12H,5-8,11H2,1-2H3. The van der Waals surface area contributed by atoms with Crippen LogP contribution in [0.1, 0.15) is 18.7 Å². The Labute approximate surface area is 135 Å². The molecule has 0 atom stereocenters. The monoisotopic (exact) mass is 315 g/mol. The van der Waals surface area contributed by atoms with Crippen LogP contribution in [0.25, 0.3) is 10.9 Å². The summed E-state index contributed by atoms with van der Waals surface area (Å²) in [5.41, 5.74) is 0.917. The number of methoxy groups -OCH3 is 2. The Balaban J connectivity index is 1.65. The third-order valence-corrected chi connectivity index (χ3v) is 4.32. The predicted molar refractivity (Wildman–Crippen MR) is 86.1 cm³/mol. The Morgan fingerprint density at radius 2 is 2.09 bits per heavy atom. The number of hydrogen-bond donors (Lipinski definition) is 0. The van der Waals surface area contributed by atoms with E-state index in [9.17, 15) is 4.79 Å². The van der Waals surface area contributed by atoms with E-state index < -0.39 is 0 Å². The third kappa shape index (κ3) is 3.59. The molecule has 1 aromatic heterocycles. The van der Waals surface area contributed by atoms with Crippen molar-refractivity contribution >= 4 is 16.9 Å². The number of likely N-dealkylation sites (tertiary alicyclic amines) is 1. The number of hydrogen-bond acceptors (Lipinski definition) is 6. The Hall–Kier alpha value is -2.21. The molecule has 0 amide bonds. The van der Waals surface area contributed by atoms with Crippen LogP contribution in [0.5, 0.6) is 5.75 Å². The van der Waals surface area contributed by atoms with Gasteiger partial charge in [0.1, 0.15) is 11.6 Å². The van der Waals surface area contributed by atoms with Crippen molar-refractivity contribution in [3.8, 4) is 5.75 Å². The Morgan fingerprint density at radius 3 is 2.78 bits per heavy atom. The summed E-state index contributed by atoms with van der Waals surface area (Å²) >= 11 is 0. The molecule has 0 radical (unpaired) electrons. The molecular weight excluding hydrogens is 294 g/mol. The zero-order valence-corrected chi connectivity index (χ0v) is 13.5. The topological polar surface area (TPSA) is 64.5 Å².